The van der Waals surface area contributed by atoms with E-state index in [0.717, 1.165) is 10.2 Å². The predicted octanol–water partition coefficient (Wildman–Crippen LogP) is 4.08. The molecule has 3 aromatic rings. The Labute approximate surface area is 169 Å². The number of nitrogens with one attached hydrogen (secondary N) is 2. The summed E-state index contributed by atoms with van der Waals surface area (Å²) >= 11 is 0. The zero-order valence-corrected chi connectivity index (χ0v) is 15.9. The van der Waals surface area contributed by atoms with Gasteiger partial charge in [-0.25, -0.2) is 4.68 Å². The van der Waals surface area contributed by atoms with Crippen molar-refractivity contribution in [1.82, 2.24) is 15.1 Å². The van der Waals surface area contributed by atoms with Crippen molar-refractivity contribution in [3.8, 4) is 5.75 Å². The molecule has 0 saturated carbocycles. The number of benzene rings is 1. The summed E-state index contributed by atoms with van der Waals surface area (Å²) in [6.45, 7) is 0.205. The van der Waals surface area contributed by atoms with Crippen molar-refractivity contribution in [2.75, 3.05) is 12.4 Å². The second kappa shape index (κ2) is 7.77. The van der Waals surface area contributed by atoms with Gasteiger partial charge in [-0.15, -0.1) is 0 Å². The number of rotatable bonds is 5. The summed E-state index contributed by atoms with van der Waals surface area (Å²) in [5.41, 5.74) is 0.720. The van der Waals surface area contributed by atoms with Crippen molar-refractivity contribution in [3.05, 3.63) is 65.7 Å². The van der Waals surface area contributed by atoms with E-state index in [1.165, 1.54) is 12.3 Å². The van der Waals surface area contributed by atoms with Gasteiger partial charge in [0.1, 0.15) is 17.3 Å². The number of nitrogens with zero attached hydrogens (tertiary/aromatic N) is 2. The average Bonchev–Trinajstić information content (AvgIpc) is 3.40. The molecule has 3 heterocycles. The highest BCUT2D eigenvalue weighted by atomic mass is 19.4. The number of carbonyl (C=O) groups excluding carboxylic acids is 1. The highest BCUT2D eigenvalue weighted by Gasteiger charge is 2.47. The van der Waals surface area contributed by atoms with Gasteiger partial charge in [-0.3, -0.25) is 4.79 Å². The van der Waals surface area contributed by atoms with E-state index in [9.17, 15) is 18.0 Å². The Balaban J connectivity index is 1.52. The maximum absolute atomic E-state index is 13.6. The number of alkyl halides is 3. The fourth-order valence-corrected chi connectivity index (χ4v) is 3.38. The van der Waals surface area contributed by atoms with Gasteiger partial charge >= 0.3 is 6.18 Å². The number of hydrogen-bond acceptors (Lipinski definition) is 5. The molecule has 1 aliphatic rings. The maximum atomic E-state index is 13.6. The molecule has 7 nitrogen and oxygen atoms in total. The van der Waals surface area contributed by atoms with Crippen molar-refractivity contribution in [2.45, 2.75) is 31.2 Å². The lowest BCUT2D eigenvalue weighted by molar-refractivity contribution is -0.174. The Morgan fingerprint density at radius 3 is 2.73 bits per heavy atom. The molecule has 0 radical (unpaired) electrons. The standard InChI is InChI=1S/C20H19F3N4O3/c1-29-13-6-4-12(5-7-13)11-24-19(28)15-10-18-25-14(16-3-2-8-30-16)9-17(20(21,22)23)27(18)26-15/h2-8,10,14,17,25H,9,11H2,1H3,(H,24,28)/t14-,17-/m0/s1. The van der Waals surface area contributed by atoms with Crippen LogP contribution in [-0.2, 0) is 6.54 Å². The van der Waals surface area contributed by atoms with Crippen LogP contribution in [0.2, 0.25) is 0 Å². The van der Waals surface area contributed by atoms with Crippen molar-refractivity contribution >= 4 is 11.7 Å². The highest BCUT2D eigenvalue weighted by molar-refractivity contribution is 5.93. The van der Waals surface area contributed by atoms with Crippen LogP contribution in [0.5, 0.6) is 5.75 Å². The Morgan fingerprint density at radius 2 is 2.10 bits per heavy atom. The van der Waals surface area contributed by atoms with Gasteiger partial charge in [0, 0.05) is 19.0 Å². The van der Waals surface area contributed by atoms with Crippen molar-refractivity contribution in [2.24, 2.45) is 0 Å². The first-order valence-electron chi connectivity index (χ1n) is 9.22. The third-order valence-corrected chi connectivity index (χ3v) is 4.92. The molecule has 0 unspecified atom stereocenters. The van der Waals surface area contributed by atoms with Gasteiger partial charge in [-0.2, -0.15) is 18.3 Å². The van der Waals surface area contributed by atoms with Crippen molar-refractivity contribution in [3.63, 3.8) is 0 Å². The molecule has 2 N–H and O–H groups in total. The van der Waals surface area contributed by atoms with E-state index in [2.05, 4.69) is 15.7 Å². The molecule has 1 aromatic carbocycles. The normalized spacial score (nSPS) is 18.4. The van der Waals surface area contributed by atoms with Crippen LogP contribution in [-0.4, -0.2) is 29.0 Å². The van der Waals surface area contributed by atoms with E-state index in [1.807, 2.05) is 0 Å². The van der Waals surface area contributed by atoms with Crippen LogP contribution in [0, 0.1) is 0 Å². The highest BCUT2D eigenvalue weighted by Crippen LogP contribution is 2.43. The summed E-state index contributed by atoms with van der Waals surface area (Å²) in [4.78, 5) is 12.5. The van der Waals surface area contributed by atoms with Gasteiger partial charge in [0.05, 0.1) is 19.4 Å². The second-order valence-corrected chi connectivity index (χ2v) is 6.90. The summed E-state index contributed by atoms with van der Waals surface area (Å²) in [5, 5.41) is 9.57. The molecule has 30 heavy (non-hydrogen) atoms. The average molecular weight is 420 g/mol. The number of halogens is 3. The van der Waals surface area contributed by atoms with Gasteiger partial charge < -0.3 is 19.8 Å². The SMILES string of the molecule is COc1ccc(CNC(=O)c2cc3n(n2)[C@H](C(F)(F)F)C[C@@H](c2ccco2)N3)cc1. The van der Waals surface area contributed by atoms with Gasteiger partial charge in [0.25, 0.3) is 5.91 Å². The van der Waals surface area contributed by atoms with E-state index >= 15 is 0 Å². The van der Waals surface area contributed by atoms with Crippen LogP contribution in [0.15, 0.2) is 53.1 Å². The van der Waals surface area contributed by atoms with Crippen LogP contribution in [0.25, 0.3) is 0 Å². The molecular formula is C20H19F3N4O3. The minimum atomic E-state index is -4.52. The van der Waals surface area contributed by atoms with Crippen LogP contribution in [0.1, 0.15) is 40.3 Å². The van der Waals surface area contributed by atoms with E-state index in [4.69, 9.17) is 9.15 Å². The molecule has 0 aliphatic carbocycles. The molecule has 0 bridgehead atoms. The summed E-state index contributed by atoms with van der Waals surface area (Å²) in [6, 6.07) is 9.07. The zero-order valence-electron chi connectivity index (χ0n) is 15.9. The summed E-state index contributed by atoms with van der Waals surface area (Å²) in [7, 11) is 1.55. The predicted molar refractivity (Wildman–Crippen MR) is 101 cm³/mol. The van der Waals surface area contributed by atoms with E-state index < -0.39 is 24.2 Å². The minimum Gasteiger partial charge on any atom is -0.497 e. The third-order valence-electron chi connectivity index (χ3n) is 4.92. The second-order valence-electron chi connectivity index (χ2n) is 6.90. The summed E-state index contributed by atoms with van der Waals surface area (Å²) < 4.78 is 52.1. The summed E-state index contributed by atoms with van der Waals surface area (Å²) in [6.07, 6.45) is -3.41. The molecule has 0 spiro atoms. The number of furan rings is 1. The molecule has 0 fully saturated rings. The number of ether oxygens (including phenoxy) is 1. The zero-order chi connectivity index (χ0) is 21.3. The van der Waals surface area contributed by atoms with Crippen LogP contribution in [0.4, 0.5) is 19.0 Å². The molecular weight excluding hydrogens is 401 g/mol. The lowest BCUT2D eigenvalue weighted by Crippen LogP contribution is -2.35. The lowest BCUT2D eigenvalue weighted by atomic mass is 10.0. The molecule has 1 amide bonds. The molecule has 1 aliphatic heterocycles. The first kappa shape index (κ1) is 19.9. The molecule has 158 valence electrons. The molecule has 2 atom stereocenters. The molecule has 0 saturated heterocycles. The lowest BCUT2D eigenvalue weighted by Gasteiger charge is -2.32. The van der Waals surface area contributed by atoms with Gasteiger partial charge in [-0.1, -0.05) is 12.1 Å². The Morgan fingerprint density at radius 1 is 1.33 bits per heavy atom. The number of fused-ring (bicyclic) bond motifs is 1. The number of anilines is 1. The molecule has 10 heteroatoms. The quantitative estimate of drug-likeness (QED) is 0.650. The smallest absolute Gasteiger partial charge is 0.410 e. The van der Waals surface area contributed by atoms with Gasteiger partial charge in [0.15, 0.2) is 11.7 Å². The van der Waals surface area contributed by atoms with Gasteiger partial charge in [0.2, 0.25) is 0 Å². The van der Waals surface area contributed by atoms with Gasteiger partial charge in [-0.05, 0) is 29.8 Å². The Bertz CT molecular complexity index is 1010. The molecule has 2 aromatic heterocycles. The fraction of sp³-hybridized carbons (Fsp3) is 0.300. The first-order valence-corrected chi connectivity index (χ1v) is 9.22. The van der Waals surface area contributed by atoms with Crippen molar-refractivity contribution < 1.29 is 27.1 Å². The Hall–Kier alpha value is -3.43. The van der Waals surface area contributed by atoms with Crippen LogP contribution < -0.4 is 15.4 Å². The van der Waals surface area contributed by atoms with E-state index in [-0.39, 0.29) is 24.5 Å². The third kappa shape index (κ3) is 3.98. The maximum Gasteiger partial charge on any atom is 0.410 e. The monoisotopic (exact) mass is 420 g/mol. The van der Waals surface area contributed by atoms with E-state index in [1.54, 1.807) is 43.5 Å². The summed E-state index contributed by atoms with van der Waals surface area (Å²) in [5.74, 6) is 0.619. The first-order chi connectivity index (χ1) is 14.3. The topological polar surface area (TPSA) is 81.3 Å². The number of aromatic nitrogens is 2. The Kier molecular flexibility index (Phi) is 5.15. The van der Waals surface area contributed by atoms with E-state index in [0.29, 0.717) is 11.5 Å². The number of amides is 1. The number of carbonyl (C=O) groups is 1. The van der Waals surface area contributed by atoms with Crippen LogP contribution in [0.3, 0.4) is 0 Å². The van der Waals surface area contributed by atoms with Crippen molar-refractivity contribution in [1.29, 1.82) is 0 Å². The number of methoxy groups -OCH3 is 1. The number of hydrogen-bond donors (Lipinski definition) is 2. The minimum absolute atomic E-state index is 0.0969. The fourth-order valence-electron chi connectivity index (χ4n) is 3.38. The molecule has 4 rings (SSSR count). The van der Waals surface area contributed by atoms with Crippen LogP contribution >= 0.6 is 0 Å². The largest absolute Gasteiger partial charge is 0.497 e.